The highest BCUT2D eigenvalue weighted by Crippen LogP contribution is 2.17. The molecule has 0 atom stereocenters. The molecule has 3 nitrogen and oxygen atoms in total. The molecule has 1 N–H and O–H groups in total. The molecule has 17 heavy (non-hydrogen) atoms. The zero-order valence-corrected chi connectivity index (χ0v) is 11.1. The van der Waals surface area contributed by atoms with Gasteiger partial charge in [-0.25, -0.2) is 4.98 Å². The molecular weight excluding hydrogens is 234 g/mol. The maximum Gasteiger partial charge on any atom is 0.125 e. The fourth-order valence-corrected chi connectivity index (χ4v) is 2.35. The van der Waals surface area contributed by atoms with Gasteiger partial charge in [0.15, 0.2) is 0 Å². The molecule has 2 rings (SSSR count). The van der Waals surface area contributed by atoms with E-state index in [0.29, 0.717) is 5.02 Å². The molecule has 1 aromatic heterocycles. The maximum absolute atomic E-state index is 5.80. The summed E-state index contributed by atoms with van der Waals surface area (Å²) in [6.45, 7) is 6.90. The lowest BCUT2D eigenvalue weighted by atomic mass is 9.97. The largest absolute Gasteiger partial charge is 0.370 e. The lowest BCUT2D eigenvalue weighted by Crippen LogP contribution is -2.35. The van der Waals surface area contributed by atoms with Crippen LogP contribution in [0.3, 0.4) is 0 Å². The molecule has 1 aromatic rings. The van der Waals surface area contributed by atoms with E-state index in [1.807, 2.05) is 12.1 Å². The van der Waals surface area contributed by atoms with Crippen molar-refractivity contribution in [2.45, 2.75) is 19.8 Å². The second-order valence-electron chi connectivity index (χ2n) is 4.62. The third kappa shape index (κ3) is 3.86. The summed E-state index contributed by atoms with van der Waals surface area (Å²) in [6.07, 6.45) is 4.26. The molecule has 0 aliphatic carbocycles. The number of hydrogen-bond donors (Lipinski definition) is 1. The van der Waals surface area contributed by atoms with Crippen molar-refractivity contribution in [3.8, 4) is 0 Å². The number of rotatable bonds is 4. The van der Waals surface area contributed by atoms with E-state index >= 15 is 0 Å². The third-order valence-corrected chi connectivity index (χ3v) is 3.68. The number of anilines is 1. The molecule has 1 aliphatic rings. The third-order valence-electron chi connectivity index (χ3n) is 3.45. The van der Waals surface area contributed by atoms with Crippen molar-refractivity contribution in [2.75, 3.05) is 31.5 Å². The molecule has 0 unspecified atom stereocenters. The number of piperidine rings is 1. The molecule has 4 heteroatoms. The Bertz CT molecular complexity index is 331. The van der Waals surface area contributed by atoms with Crippen LogP contribution in [-0.4, -0.2) is 36.1 Å². The van der Waals surface area contributed by atoms with E-state index in [4.69, 9.17) is 11.6 Å². The van der Waals surface area contributed by atoms with Crippen LogP contribution in [-0.2, 0) is 0 Å². The van der Waals surface area contributed by atoms with Crippen LogP contribution in [0.2, 0.25) is 5.02 Å². The van der Waals surface area contributed by atoms with Crippen molar-refractivity contribution in [1.82, 2.24) is 9.88 Å². The van der Waals surface area contributed by atoms with E-state index < -0.39 is 0 Å². The van der Waals surface area contributed by atoms with Gasteiger partial charge in [-0.3, -0.25) is 0 Å². The number of nitrogens with zero attached hydrogens (tertiary/aromatic N) is 2. The Morgan fingerprint density at radius 1 is 1.41 bits per heavy atom. The summed E-state index contributed by atoms with van der Waals surface area (Å²) < 4.78 is 0. The van der Waals surface area contributed by atoms with Crippen LogP contribution in [0.25, 0.3) is 0 Å². The quantitative estimate of drug-likeness (QED) is 0.895. The number of aromatic nitrogens is 1. The van der Waals surface area contributed by atoms with Crippen molar-refractivity contribution in [2.24, 2.45) is 5.92 Å². The van der Waals surface area contributed by atoms with Crippen molar-refractivity contribution in [3.63, 3.8) is 0 Å². The predicted octanol–water partition coefficient (Wildman–Crippen LogP) is 2.88. The summed E-state index contributed by atoms with van der Waals surface area (Å²) in [4.78, 5) is 6.75. The topological polar surface area (TPSA) is 28.2 Å². The van der Waals surface area contributed by atoms with Gasteiger partial charge in [-0.2, -0.15) is 0 Å². The molecule has 0 radical (unpaired) electrons. The normalized spacial score (nSPS) is 18.2. The molecule has 0 saturated carbocycles. The zero-order valence-electron chi connectivity index (χ0n) is 10.3. The van der Waals surface area contributed by atoms with Crippen LogP contribution >= 0.6 is 11.6 Å². The van der Waals surface area contributed by atoms with Crippen LogP contribution in [0.15, 0.2) is 18.3 Å². The Kier molecular flexibility index (Phi) is 4.63. The minimum Gasteiger partial charge on any atom is -0.370 e. The average molecular weight is 254 g/mol. The van der Waals surface area contributed by atoms with Crippen LogP contribution in [0.4, 0.5) is 5.82 Å². The Morgan fingerprint density at radius 3 is 2.76 bits per heavy atom. The van der Waals surface area contributed by atoms with Crippen molar-refractivity contribution >= 4 is 17.4 Å². The van der Waals surface area contributed by atoms with Gasteiger partial charge in [0.2, 0.25) is 0 Å². The predicted molar refractivity (Wildman–Crippen MR) is 72.6 cm³/mol. The Balaban J connectivity index is 1.74. The van der Waals surface area contributed by atoms with Gasteiger partial charge in [-0.15, -0.1) is 0 Å². The number of halogens is 1. The first-order chi connectivity index (χ1) is 8.28. The van der Waals surface area contributed by atoms with Gasteiger partial charge in [0.25, 0.3) is 0 Å². The zero-order chi connectivity index (χ0) is 12.1. The second-order valence-corrected chi connectivity index (χ2v) is 5.06. The van der Waals surface area contributed by atoms with Crippen molar-refractivity contribution in [3.05, 3.63) is 23.4 Å². The summed E-state index contributed by atoms with van der Waals surface area (Å²) in [7, 11) is 0. The molecule has 0 amide bonds. The highest BCUT2D eigenvalue weighted by Gasteiger charge is 2.17. The summed E-state index contributed by atoms with van der Waals surface area (Å²) in [5.74, 6) is 1.70. The highest BCUT2D eigenvalue weighted by atomic mass is 35.5. The number of hydrogen-bond acceptors (Lipinski definition) is 3. The van der Waals surface area contributed by atoms with Gasteiger partial charge in [-0.1, -0.05) is 18.5 Å². The summed E-state index contributed by atoms with van der Waals surface area (Å²) in [5, 5.41) is 4.07. The van der Waals surface area contributed by atoms with Gasteiger partial charge in [0.1, 0.15) is 5.82 Å². The molecule has 1 fully saturated rings. The van der Waals surface area contributed by atoms with Crippen LogP contribution in [0.5, 0.6) is 0 Å². The van der Waals surface area contributed by atoms with Gasteiger partial charge < -0.3 is 10.2 Å². The lowest BCUT2D eigenvalue weighted by Gasteiger charge is -2.31. The molecule has 2 heterocycles. The van der Waals surface area contributed by atoms with Gasteiger partial charge in [0.05, 0.1) is 5.02 Å². The van der Waals surface area contributed by atoms with E-state index in [1.54, 1.807) is 6.20 Å². The van der Waals surface area contributed by atoms with Crippen LogP contribution in [0, 0.1) is 5.92 Å². The maximum atomic E-state index is 5.80. The smallest absolute Gasteiger partial charge is 0.125 e. The summed E-state index contributed by atoms with van der Waals surface area (Å²) in [6, 6.07) is 3.81. The van der Waals surface area contributed by atoms with E-state index in [0.717, 1.165) is 18.3 Å². The van der Waals surface area contributed by atoms with E-state index in [-0.39, 0.29) is 0 Å². The fourth-order valence-electron chi connectivity index (χ4n) is 2.24. The van der Waals surface area contributed by atoms with Gasteiger partial charge in [0, 0.05) is 12.7 Å². The summed E-state index contributed by atoms with van der Waals surface area (Å²) >= 11 is 5.80. The van der Waals surface area contributed by atoms with Crippen molar-refractivity contribution < 1.29 is 0 Å². The Labute approximate surface area is 108 Å². The standard InChI is InChI=1S/C13H20ClN3/c1-2-17-7-5-11(6-8-17)9-15-13-4-3-12(14)10-16-13/h3-4,10-11H,2,5-9H2,1H3,(H,15,16). The second kappa shape index (κ2) is 6.22. The Hall–Kier alpha value is -0.800. The molecule has 0 aromatic carbocycles. The SMILES string of the molecule is CCN1CCC(CNc2ccc(Cl)cn2)CC1. The van der Waals surface area contributed by atoms with E-state index in [1.165, 1.54) is 32.5 Å². The Morgan fingerprint density at radius 2 is 2.18 bits per heavy atom. The van der Waals surface area contributed by atoms with Gasteiger partial charge >= 0.3 is 0 Å². The molecule has 0 spiro atoms. The average Bonchev–Trinajstić information content (AvgIpc) is 2.39. The molecule has 94 valence electrons. The molecule has 1 saturated heterocycles. The van der Waals surface area contributed by atoms with E-state index in [2.05, 4.69) is 22.1 Å². The fraction of sp³-hybridized carbons (Fsp3) is 0.615. The number of pyridine rings is 1. The minimum absolute atomic E-state index is 0.687. The van der Waals surface area contributed by atoms with Gasteiger partial charge in [-0.05, 0) is 50.5 Å². The molecular formula is C13H20ClN3. The van der Waals surface area contributed by atoms with Crippen molar-refractivity contribution in [1.29, 1.82) is 0 Å². The van der Waals surface area contributed by atoms with Crippen LogP contribution in [0.1, 0.15) is 19.8 Å². The first kappa shape index (κ1) is 12.7. The van der Waals surface area contributed by atoms with E-state index in [9.17, 15) is 0 Å². The first-order valence-electron chi connectivity index (χ1n) is 6.35. The first-order valence-corrected chi connectivity index (χ1v) is 6.73. The lowest BCUT2D eigenvalue weighted by molar-refractivity contribution is 0.198. The monoisotopic (exact) mass is 253 g/mol. The van der Waals surface area contributed by atoms with Crippen LogP contribution < -0.4 is 5.32 Å². The minimum atomic E-state index is 0.687. The number of likely N-dealkylation sites (tertiary alicyclic amines) is 1. The summed E-state index contributed by atoms with van der Waals surface area (Å²) in [5.41, 5.74) is 0. The number of nitrogens with one attached hydrogen (secondary N) is 1. The molecule has 0 bridgehead atoms. The highest BCUT2D eigenvalue weighted by molar-refractivity contribution is 6.30. The molecule has 1 aliphatic heterocycles.